The van der Waals surface area contributed by atoms with E-state index in [-0.39, 0.29) is 0 Å². The number of hydrogen-bond acceptors (Lipinski definition) is 5. The van der Waals surface area contributed by atoms with Crippen molar-refractivity contribution in [2.75, 3.05) is 41.7 Å². The van der Waals surface area contributed by atoms with E-state index in [1.807, 2.05) is 0 Å². The van der Waals surface area contributed by atoms with Crippen molar-refractivity contribution in [2.24, 2.45) is 0 Å². The highest BCUT2D eigenvalue weighted by Crippen LogP contribution is 2.31. The average molecular weight is 261 g/mol. The van der Waals surface area contributed by atoms with E-state index in [2.05, 4.69) is 19.8 Å². The van der Waals surface area contributed by atoms with E-state index >= 15 is 0 Å². The Labute approximate surface area is 114 Å². The molecule has 0 bridgehead atoms. The molecule has 0 spiro atoms. The van der Waals surface area contributed by atoms with Crippen molar-refractivity contribution in [1.29, 1.82) is 0 Å². The summed E-state index contributed by atoms with van der Waals surface area (Å²) in [4.78, 5) is 13.5. The number of nitrogen functional groups attached to an aromatic ring is 1. The van der Waals surface area contributed by atoms with E-state index in [0.717, 1.165) is 43.5 Å². The molecule has 0 unspecified atom stereocenters. The lowest BCUT2D eigenvalue weighted by Gasteiger charge is -2.25. The first-order valence-electron chi connectivity index (χ1n) is 7.46. The summed E-state index contributed by atoms with van der Waals surface area (Å²) in [5, 5.41) is 0. The second-order valence-corrected chi connectivity index (χ2v) is 5.53. The molecule has 5 heteroatoms. The maximum absolute atomic E-state index is 6.34. The fraction of sp³-hybridized carbons (Fsp3) is 0.714. The predicted octanol–water partition coefficient (Wildman–Crippen LogP) is 2.04. The van der Waals surface area contributed by atoms with Gasteiger partial charge < -0.3 is 15.5 Å². The summed E-state index contributed by atoms with van der Waals surface area (Å²) < 4.78 is 0. The highest BCUT2D eigenvalue weighted by atomic mass is 15.3. The van der Waals surface area contributed by atoms with Crippen molar-refractivity contribution in [3.8, 4) is 0 Å². The predicted molar refractivity (Wildman–Crippen MR) is 78.6 cm³/mol. The molecule has 0 aromatic carbocycles. The van der Waals surface area contributed by atoms with Crippen LogP contribution in [0.25, 0.3) is 0 Å². The maximum Gasteiger partial charge on any atom is 0.157 e. The molecule has 19 heavy (non-hydrogen) atoms. The van der Waals surface area contributed by atoms with Gasteiger partial charge in [-0.15, -0.1) is 0 Å². The van der Waals surface area contributed by atoms with Crippen molar-refractivity contribution < 1.29 is 0 Å². The quantitative estimate of drug-likeness (QED) is 0.883. The van der Waals surface area contributed by atoms with Crippen molar-refractivity contribution in [3.05, 3.63) is 6.33 Å². The van der Waals surface area contributed by atoms with E-state index in [1.165, 1.54) is 38.5 Å². The molecule has 2 N–H and O–H groups in total. The van der Waals surface area contributed by atoms with E-state index in [9.17, 15) is 0 Å². The van der Waals surface area contributed by atoms with Gasteiger partial charge in [-0.05, 0) is 25.7 Å². The first-order valence-corrected chi connectivity index (χ1v) is 7.46. The van der Waals surface area contributed by atoms with Crippen LogP contribution in [0.2, 0.25) is 0 Å². The number of nitrogens with two attached hydrogens (primary N) is 1. The number of hydrogen-bond donors (Lipinski definition) is 1. The van der Waals surface area contributed by atoms with Gasteiger partial charge in [0.1, 0.15) is 12.0 Å². The molecule has 1 aromatic heterocycles. The van der Waals surface area contributed by atoms with Crippen molar-refractivity contribution in [1.82, 2.24) is 9.97 Å². The summed E-state index contributed by atoms with van der Waals surface area (Å²) in [6, 6.07) is 0. The van der Waals surface area contributed by atoms with Crippen LogP contribution in [-0.4, -0.2) is 36.1 Å². The molecule has 2 aliphatic rings. The van der Waals surface area contributed by atoms with E-state index in [4.69, 9.17) is 5.73 Å². The van der Waals surface area contributed by atoms with Crippen LogP contribution in [-0.2, 0) is 0 Å². The van der Waals surface area contributed by atoms with E-state index in [0.29, 0.717) is 0 Å². The molecule has 2 fully saturated rings. The van der Waals surface area contributed by atoms with Gasteiger partial charge in [-0.1, -0.05) is 12.8 Å². The van der Waals surface area contributed by atoms with Gasteiger partial charge >= 0.3 is 0 Å². The van der Waals surface area contributed by atoms with Gasteiger partial charge in [0.15, 0.2) is 11.6 Å². The number of rotatable bonds is 2. The Morgan fingerprint density at radius 1 is 0.737 bits per heavy atom. The Morgan fingerprint density at radius 2 is 1.16 bits per heavy atom. The van der Waals surface area contributed by atoms with Crippen LogP contribution in [0.3, 0.4) is 0 Å². The molecule has 0 saturated carbocycles. The number of aromatic nitrogens is 2. The Bertz CT molecular complexity index is 420. The molecule has 2 saturated heterocycles. The standard InChI is InChI=1S/C14H23N5/c15-12-13(18-7-3-1-2-4-8-18)16-11-17-14(12)19-9-5-6-10-19/h11H,1-10,15H2. The lowest BCUT2D eigenvalue weighted by molar-refractivity contribution is 0.726. The molecular weight excluding hydrogens is 238 g/mol. The highest BCUT2D eigenvalue weighted by molar-refractivity contribution is 5.75. The Hall–Kier alpha value is -1.52. The zero-order chi connectivity index (χ0) is 13.1. The zero-order valence-corrected chi connectivity index (χ0v) is 11.5. The normalized spacial score (nSPS) is 20.6. The highest BCUT2D eigenvalue weighted by Gasteiger charge is 2.21. The number of anilines is 3. The SMILES string of the molecule is Nc1c(N2CCCCCC2)ncnc1N1CCCC1. The molecule has 3 heterocycles. The fourth-order valence-electron chi connectivity index (χ4n) is 3.09. The van der Waals surface area contributed by atoms with E-state index in [1.54, 1.807) is 6.33 Å². The van der Waals surface area contributed by atoms with Gasteiger partial charge in [0, 0.05) is 26.2 Å². The minimum atomic E-state index is 0.770. The molecule has 0 atom stereocenters. The van der Waals surface area contributed by atoms with Crippen LogP contribution in [0.15, 0.2) is 6.33 Å². The average Bonchev–Trinajstić information content (AvgIpc) is 2.82. The van der Waals surface area contributed by atoms with Crippen LogP contribution in [0, 0.1) is 0 Å². The van der Waals surface area contributed by atoms with Crippen LogP contribution in [0.5, 0.6) is 0 Å². The Balaban J connectivity index is 1.86. The largest absolute Gasteiger partial charge is 0.393 e. The molecular formula is C14H23N5. The maximum atomic E-state index is 6.34. The zero-order valence-electron chi connectivity index (χ0n) is 11.5. The molecule has 0 radical (unpaired) electrons. The minimum absolute atomic E-state index is 0.770. The van der Waals surface area contributed by atoms with Crippen molar-refractivity contribution in [2.45, 2.75) is 38.5 Å². The third-order valence-corrected chi connectivity index (χ3v) is 4.15. The summed E-state index contributed by atoms with van der Waals surface area (Å²) in [5.74, 6) is 1.88. The van der Waals surface area contributed by atoms with Crippen LogP contribution < -0.4 is 15.5 Å². The smallest absolute Gasteiger partial charge is 0.157 e. The summed E-state index contributed by atoms with van der Waals surface area (Å²) in [5.41, 5.74) is 7.11. The van der Waals surface area contributed by atoms with E-state index < -0.39 is 0 Å². The lowest BCUT2D eigenvalue weighted by Crippen LogP contribution is -2.28. The van der Waals surface area contributed by atoms with Crippen molar-refractivity contribution >= 4 is 17.3 Å². The first kappa shape index (κ1) is 12.5. The fourth-order valence-corrected chi connectivity index (χ4v) is 3.09. The molecule has 0 amide bonds. The van der Waals surface area contributed by atoms with Gasteiger partial charge in [-0.2, -0.15) is 0 Å². The summed E-state index contributed by atoms with van der Waals surface area (Å²) in [7, 11) is 0. The van der Waals surface area contributed by atoms with Crippen LogP contribution in [0.4, 0.5) is 17.3 Å². The van der Waals surface area contributed by atoms with Crippen LogP contribution in [0.1, 0.15) is 38.5 Å². The molecule has 2 aliphatic heterocycles. The summed E-state index contributed by atoms with van der Waals surface area (Å²) in [6.45, 7) is 4.28. The molecule has 0 aliphatic carbocycles. The van der Waals surface area contributed by atoms with Gasteiger partial charge in [-0.3, -0.25) is 0 Å². The van der Waals surface area contributed by atoms with Gasteiger partial charge in [-0.25, -0.2) is 9.97 Å². The van der Waals surface area contributed by atoms with Gasteiger partial charge in [0.2, 0.25) is 0 Å². The molecule has 104 valence electrons. The topological polar surface area (TPSA) is 58.3 Å². The second-order valence-electron chi connectivity index (χ2n) is 5.53. The Morgan fingerprint density at radius 3 is 1.63 bits per heavy atom. The third-order valence-electron chi connectivity index (χ3n) is 4.15. The van der Waals surface area contributed by atoms with Crippen molar-refractivity contribution in [3.63, 3.8) is 0 Å². The van der Waals surface area contributed by atoms with Gasteiger partial charge in [0.25, 0.3) is 0 Å². The van der Waals surface area contributed by atoms with Crippen LogP contribution >= 0.6 is 0 Å². The molecule has 1 aromatic rings. The summed E-state index contributed by atoms with van der Waals surface area (Å²) >= 11 is 0. The second kappa shape index (κ2) is 5.63. The molecule has 3 rings (SSSR count). The molecule has 5 nitrogen and oxygen atoms in total. The lowest BCUT2D eigenvalue weighted by atomic mass is 10.2. The number of nitrogens with zero attached hydrogens (tertiary/aromatic N) is 4. The minimum Gasteiger partial charge on any atom is -0.393 e. The third kappa shape index (κ3) is 2.60. The van der Waals surface area contributed by atoms with Gasteiger partial charge in [0.05, 0.1) is 0 Å². The Kier molecular flexibility index (Phi) is 3.71. The summed E-state index contributed by atoms with van der Waals surface area (Å²) in [6.07, 6.45) is 9.27. The first-order chi connectivity index (χ1) is 9.36. The monoisotopic (exact) mass is 261 g/mol.